The predicted molar refractivity (Wildman–Crippen MR) is 72.9 cm³/mol. The summed E-state index contributed by atoms with van der Waals surface area (Å²) in [5, 5.41) is 3.46. The fourth-order valence-electron chi connectivity index (χ4n) is 3.02. The van der Waals surface area contributed by atoms with Crippen molar-refractivity contribution in [2.45, 2.75) is 44.2 Å². The molecule has 1 heterocycles. The average Bonchev–Trinajstić information content (AvgIpc) is 2.99. The smallest absolute Gasteiger partial charge is 0.150 e. The number of rotatable bonds is 4. The molecule has 0 bridgehead atoms. The molecule has 2 fully saturated rings. The summed E-state index contributed by atoms with van der Waals surface area (Å²) >= 11 is 5.77. The van der Waals surface area contributed by atoms with Gasteiger partial charge in [0, 0.05) is 12.5 Å². The second-order valence-electron chi connectivity index (χ2n) is 5.77. The van der Waals surface area contributed by atoms with Gasteiger partial charge in [0.05, 0.1) is 11.1 Å². The molecule has 1 aromatic carbocycles. The number of halogens is 2. The van der Waals surface area contributed by atoms with Crippen molar-refractivity contribution in [2.75, 3.05) is 0 Å². The largest absolute Gasteiger partial charge is 0.304 e. The van der Waals surface area contributed by atoms with E-state index in [0.29, 0.717) is 23.9 Å². The Morgan fingerprint density at radius 3 is 3.00 bits per heavy atom. The molecule has 4 heteroatoms. The third-order valence-corrected chi connectivity index (χ3v) is 4.58. The van der Waals surface area contributed by atoms with Crippen LogP contribution in [0.4, 0.5) is 4.39 Å². The zero-order valence-electron chi connectivity index (χ0n) is 10.8. The van der Waals surface area contributed by atoms with E-state index in [9.17, 15) is 9.18 Å². The van der Waals surface area contributed by atoms with Crippen LogP contribution in [-0.2, 0) is 4.79 Å². The second kappa shape index (κ2) is 4.88. The number of hydrogen-bond acceptors (Lipinski definition) is 2. The van der Waals surface area contributed by atoms with Crippen molar-refractivity contribution in [2.24, 2.45) is 5.92 Å². The molecule has 2 aliphatic rings. The summed E-state index contributed by atoms with van der Waals surface area (Å²) in [6.45, 7) is 1.88. The van der Waals surface area contributed by atoms with Crippen LogP contribution in [-0.4, -0.2) is 17.9 Å². The van der Waals surface area contributed by atoms with Gasteiger partial charge in [-0.05, 0) is 36.3 Å². The summed E-state index contributed by atoms with van der Waals surface area (Å²) in [5.41, 5.74) is 0.531. The van der Waals surface area contributed by atoms with Gasteiger partial charge in [-0.1, -0.05) is 30.7 Å². The topological polar surface area (TPSA) is 29.1 Å². The van der Waals surface area contributed by atoms with E-state index in [2.05, 4.69) is 5.32 Å². The van der Waals surface area contributed by atoms with Crippen LogP contribution in [0.15, 0.2) is 18.2 Å². The van der Waals surface area contributed by atoms with Gasteiger partial charge in [0.15, 0.2) is 0 Å². The number of Topliss-reactive ketones (excluding diaryl/α,β-unsaturated/α-hetero) is 1. The number of benzene rings is 1. The second-order valence-corrected chi connectivity index (χ2v) is 6.18. The van der Waals surface area contributed by atoms with Gasteiger partial charge in [0.2, 0.25) is 0 Å². The lowest BCUT2D eigenvalue weighted by molar-refractivity contribution is -0.121. The van der Waals surface area contributed by atoms with E-state index in [1.807, 2.05) is 6.92 Å². The summed E-state index contributed by atoms with van der Waals surface area (Å²) < 4.78 is 13.9. The minimum atomic E-state index is -0.397. The number of nitrogens with one attached hydrogen (secondary N) is 1. The molecule has 3 rings (SSSR count). The molecule has 4 atom stereocenters. The molecule has 1 aromatic rings. The number of hydrogen-bond donors (Lipinski definition) is 1. The number of carbonyl (C=O) groups excluding carboxylic acids is 1. The maximum absolute atomic E-state index is 13.9. The maximum atomic E-state index is 13.9. The van der Waals surface area contributed by atoms with Crippen LogP contribution in [0.3, 0.4) is 0 Å². The molecule has 2 nitrogen and oxygen atoms in total. The first-order chi connectivity index (χ1) is 9.06. The Morgan fingerprint density at radius 2 is 2.32 bits per heavy atom. The van der Waals surface area contributed by atoms with Gasteiger partial charge >= 0.3 is 0 Å². The summed E-state index contributed by atoms with van der Waals surface area (Å²) in [7, 11) is 0. The molecule has 1 saturated heterocycles. The molecule has 0 spiro atoms. The molecule has 102 valence electrons. The van der Waals surface area contributed by atoms with Crippen molar-refractivity contribution >= 4 is 17.4 Å². The van der Waals surface area contributed by atoms with Crippen molar-refractivity contribution in [3.63, 3.8) is 0 Å². The third-order valence-electron chi connectivity index (χ3n) is 4.28. The summed E-state index contributed by atoms with van der Waals surface area (Å²) in [6, 6.07) is 5.50. The lowest BCUT2D eigenvalue weighted by Gasteiger charge is -2.17. The molecule has 0 radical (unpaired) electrons. The van der Waals surface area contributed by atoms with Crippen LogP contribution in [0.2, 0.25) is 5.02 Å². The lowest BCUT2D eigenvalue weighted by Crippen LogP contribution is -2.34. The van der Waals surface area contributed by atoms with Crippen molar-refractivity contribution in [3.8, 4) is 0 Å². The standard InChI is InChI=1S/C15H17ClFNO/c1-8(10-3-2-4-11(16)15(10)17)5-14(19)13-7-9-6-12(9)18-13/h2-4,8-9,12-13,18H,5-7H2,1H3/t8-,9+,12+,13-/m0/s1. The normalized spacial score (nSPS) is 29.9. The lowest BCUT2D eigenvalue weighted by atomic mass is 9.92. The van der Waals surface area contributed by atoms with Gasteiger partial charge in [-0.2, -0.15) is 0 Å². The van der Waals surface area contributed by atoms with Crippen LogP contribution in [0.25, 0.3) is 0 Å². The van der Waals surface area contributed by atoms with E-state index in [4.69, 9.17) is 11.6 Å². The third kappa shape index (κ3) is 2.54. The van der Waals surface area contributed by atoms with Crippen molar-refractivity contribution in [1.29, 1.82) is 0 Å². The van der Waals surface area contributed by atoms with E-state index in [0.717, 1.165) is 6.42 Å². The van der Waals surface area contributed by atoms with Gasteiger partial charge in [-0.25, -0.2) is 4.39 Å². The summed E-state index contributed by atoms with van der Waals surface area (Å²) in [4.78, 5) is 12.2. The van der Waals surface area contributed by atoms with Gasteiger partial charge in [0.1, 0.15) is 11.6 Å². The van der Waals surface area contributed by atoms with Crippen LogP contribution in [0, 0.1) is 11.7 Å². The van der Waals surface area contributed by atoms with Crippen LogP contribution in [0.5, 0.6) is 0 Å². The zero-order chi connectivity index (χ0) is 13.6. The Hall–Kier alpha value is -0.930. The van der Waals surface area contributed by atoms with E-state index in [1.165, 1.54) is 12.5 Å². The van der Waals surface area contributed by atoms with Gasteiger partial charge in [-0.15, -0.1) is 0 Å². The van der Waals surface area contributed by atoms with E-state index in [1.54, 1.807) is 12.1 Å². The monoisotopic (exact) mass is 281 g/mol. The van der Waals surface area contributed by atoms with Crippen molar-refractivity contribution < 1.29 is 9.18 Å². The van der Waals surface area contributed by atoms with Gasteiger partial charge in [-0.3, -0.25) is 4.79 Å². The molecule has 1 saturated carbocycles. The average molecular weight is 282 g/mol. The van der Waals surface area contributed by atoms with Crippen LogP contribution in [0.1, 0.15) is 37.7 Å². The Bertz CT molecular complexity index is 509. The summed E-state index contributed by atoms with van der Waals surface area (Å²) in [6.07, 6.45) is 2.53. The first-order valence-electron chi connectivity index (χ1n) is 6.79. The highest BCUT2D eigenvalue weighted by molar-refractivity contribution is 6.30. The predicted octanol–water partition coefficient (Wildman–Crippen LogP) is 3.29. The molecule has 0 amide bonds. The summed E-state index contributed by atoms with van der Waals surface area (Å²) in [5.74, 6) is 0.364. The highest BCUT2D eigenvalue weighted by Gasteiger charge is 2.47. The number of carbonyl (C=O) groups is 1. The van der Waals surface area contributed by atoms with Crippen molar-refractivity contribution in [3.05, 3.63) is 34.6 Å². The fourth-order valence-corrected chi connectivity index (χ4v) is 3.20. The van der Waals surface area contributed by atoms with E-state index in [-0.39, 0.29) is 22.8 Å². The zero-order valence-corrected chi connectivity index (χ0v) is 11.6. The van der Waals surface area contributed by atoms with Gasteiger partial charge in [0.25, 0.3) is 0 Å². The minimum Gasteiger partial charge on any atom is -0.304 e. The molecular formula is C15H17ClFNO. The molecular weight excluding hydrogens is 265 g/mol. The van der Waals surface area contributed by atoms with Crippen LogP contribution >= 0.6 is 11.6 Å². The fraction of sp³-hybridized carbons (Fsp3) is 0.533. The van der Waals surface area contributed by atoms with Crippen molar-refractivity contribution in [1.82, 2.24) is 5.32 Å². The molecule has 0 unspecified atom stereocenters. The molecule has 1 aliphatic heterocycles. The van der Waals surface area contributed by atoms with Gasteiger partial charge < -0.3 is 5.32 Å². The Morgan fingerprint density at radius 1 is 1.53 bits per heavy atom. The Kier molecular flexibility index (Phi) is 3.35. The number of ketones is 1. The van der Waals surface area contributed by atoms with E-state index < -0.39 is 5.82 Å². The first kappa shape index (κ1) is 13.1. The molecule has 0 aromatic heterocycles. The highest BCUT2D eigenvalue weighted by Crippen LogP contribution is 2.41. The Labute approximate surface area is 117 Å². The maximum Gasteiger partial charge on any atom is 0.150 e. The minimum absolute atomic E-state index is 0.0200. The first-order valence-corrected chi connectivity index (χ1v) is 7.16. The number of fused-ring (bicyclic) bond motifs is 1. The molecule has 1 aliphatic carbocycles. The van der Waals surface area contributed by atoms with Crippen LogP contribution < -0.4 is 5.32 Å². The SMILES string of the molecule is C[C@@H](CC(=O)[C@@H]1C[C@H]2C[C@H]2N1)c1cccc(Cl)c1F. The Balaban J connectivity index is 1.65. The quantitative estimate of drug-likeness (QED) is 0.917. The molecule has 19 heavy (non-hydrogen) atoms. The number of piperidine rings is 1. The highest BCUT2D eigenvalue weighted by atomic mass is 35.5. The van der Waals surface area contributed by atoms with E-state index >= 15 is 0 Å². The molecule has 1 N–H and O–H groups in total.